The summed E-state index contributed by atoms with van der Waals surface area (Å²) in [5.74, 6) is 0.701. The normalized spacial score (nSPS) is 24.8. The molecule has 136 valence electrons. The number of nitrogens with one attached hydrogen (secondary N) is 1. The number of rotatable bonds is 2. The third-order valence-corrected chi connectivity index (χ3v) is 5.30. The number of likely N-dealkylation sites (N-methyl/N-ethyl adjacent to an activating group) is 1. The number of anilines is 1. The summed E-state index contributed by atoms with van der Waals surface area (Å²) < 4.78 is 0. The van der Waals surface area contributed by atoms with E-state index >= 15 is 0 Å². The quantitative estimate of drug-likeness (QED) is 0.810. The molecule has 3 rings (SSSR count). The molecule has 0 saturated carbocycles. The molecule has 8 heteroatoms. The minimum absolute atomic E-state index is 0.0549. The molecular weight excluding hydrogens is 320 g/mol. The molecule has 25 heavy (non-hydrogen) atoms. The first kappa shape index (κ1) is 17.6. The number of hydrogen-bond donors (Lipinski definition) is 1. The largest absolute Gasteiger partial charge is 0.356 e. The van der Waals surface area contributed by atoms with Crippen LogP contribution in [0, 0.1) is 0 Å². The lowest BCUT2D eigenvalue weighted by molar-refractivity contribution is -0.120. The van der Waals surface area contributed by atoms with Crippen LogP contribution in [0.2, 0.25) is 0 Å². The van der Waals surface area contributed by atoms with Gasteiger partial charge in [0.1, 0.15) is 11.5 Å². The Hall–Kier alpha value is -2.22. The summed E-state index contributed by atoms with van der Waals surface area (Å²) in [6.07, 6.45) is 5.51. The van der Waals surface area contributed by atoms with Crippen molar-refractivity contribution in [3.05, 3.63) is 18.1 Å². The number of amides is 2. The van der Waals surface area contributed by atoms with E-state index in [-0.39, 0.29) is 17.4 Å². The molecule has 1 atom stereocenters. The Labute approximate surface area is 148 Å². The highest BCUT2D eigenvalue weighted by Gasteiger charge is 2.41. The van der Waals surface area contributed by atoms with Crippen molar-refractivity contribution >= 4 is 17.6 Å². The minimum atomic E-state index is -0.151. The highest BCUT2D eigenvalue weighted by Crippen LogP contribution is 2.31. The second-order valence-electron chi connectivity index (χ2n) is 7.13. The number of carbonyl (C=O) groups excluding carboxylic acids is 2. The van der Waals surface area contributed by atoms with Crippen LogP contribution < -0.4 is 10.2 Å². The fourth-order valence-electron chi connectivity index (χ4n) is 3.63. The van der Waals surface area contributed by atoms with E-state index in [1.54, 1.807) is 20.3 Å². The molecule has 2 aliphatic heterocycles. The van der Waals surface area contributed by atoms with Gasteiger partial charge >= 0.3 is 0 Å². The number of aromatic nitrogens is 2. The Bertz CT molecular complexity index is 664. The van der Waals surface area contributed by atoms with Crippen LogP contribution in [0.3, 0.4) is 0 Å². The summed E-state index contributed by atoms with van der Waals surface area (Å²) in [7, 11) is 5.54. The average Bonchev–Trinajstić information content (AvgIpc) is 2.79. The van der Waals surface area contributed by atoms with Gasteiger partial charge in [0.25, 0.3) is 5.91 Å². The first-order valence-corrected chi connectivity index (χ1v) is 8.68. The minimum Gasteiger partial charge on any atom is -0.356 e. The highest BCUT2D eigenvalue weighted by molar-refractivity contribution is 5.91. The third-order valence-electron chi connectivity index (χ3n) is 5.30. The molecule has 2 amide bonds. The van der Waals surface area contributed by atoms with E-state index in [1.165, 1.54) is 11.1 Å². The number of hydrogen-bond acceptors (Lipinski definition) is 6. The van der Waals surface area contributed by atoms with E-state index < -0.39 is 0 Å². The van der Waals surface area contributed by atoms with Gasteiger partial charge in [-0.3, -0.25) is 19.5 Å². The molecule has 2 aliphatic rings. The van der Waals surface area contributed by atoms with Crippen molar-refractivity contribution in [2.45, 2.75) is 24.8 Å². The number of carbonyl (C=O) groups is 2. The Morgan fingerprint density at radius 1 is 1.28 bits per heavy atom. The second kappa shape index (κ2) is 6.95. The summed E-state index contributed by atoms with van der Waals surface area (Å²) in [5, 5.41) is 2.97. The summed E-state index contributed by atoms with van der Waals surface area (Å²) >= 11 is 0. The van der Waals surface area contributed by atoms with Crippen LogP contribution >= 0.6 is 0 Å². The van der Waals surface area contributed by atoms with Crippen molar-refractivity contribution in [1.29, 1.82) is 0 Å². The van der Waals surface area contributed by atoms with Crippen LogP contribution in [0.4, 0.5) is 5.82 Å². The van der Waals surface area contributed by atoms with E-state index in [0.29, 0.717) is 18.7 Å². The fourth-order valence-corrected chi connectivity index (χ4v) is 3.63. The third kappa shape index (κ3) is 3.58. The van der Waals surface area contributed by atoms with Crippen LogP contribution in [0.1, 0.15) is 29.8 Å². The highest BCUT2D eigenvalue weighted by atomic mass is 16.2. The zero-order valence-electron chi connectivity index (χ0n) is 15.2. The molecule has 8 nitrogen and oxygen atoms in total. The lowest BCUT2D eigenvalue weighted by Gasteiger charge is -2.49. The Balaban J connectivity index is 1.83. The molecule has 1 aromatic heterocycles. The van der Waals surface area contributed by atoms with Crippen LogP contribution in [0.25, 0.3) is 0 Å². The number of nitrogens with zero attached hydrogens (tertiary/aromatic N) is 5. The predicted molar refractivity (Wildman–Crippen MR) is 94.5 cm³/mol. The van der Waals surface area contributed by atoms with Crippen LogP contribution in [-0.4, -0.2) is 84.4 Å². The van der Waals surface area contributed by atoms with E-state index in [1.807, 2.05) is 0 Å². The first-order valence-electron chi connectivity index (χ1n) is 8.68. The van der Waals surface area contributed by atoms with Crippen molar-refractivity contribution in [3.63, 3.8) is 0 Å². The van der Waals surface area contributed by atoms with Gasteiger partial charge in [-0.25, -0.2) is 4.98 Å². The molecule has 1 spiro atoms. The zero-order chi connectivity index (χ0) is 18.0. The Kier molecular flexibility index (Phi) is 4.89. The maximum Gasteiger partial charge on any atom is 0.273 e. The Morgan fingerprint density at radius 3 is 2.84 bits per heavy atom. The van der Waals surface area contributed by atoms with Gasteiger partial charge in [-0.15, -0.1) is 0 Å². The topological polar surface area (TPSA) is 81.7 Å². The molecule has 0 radical (unpaired) electrons. The molecular formula is C17H26N6O2. The molecule has 0 aromatic carbocycles. The van der Waals surface area contributed by atoms with Crippen molar-refractivity contribution in [3.8, 4) is 0 Å². The van der Waals surface area contributed by atoms with Crippen LogP contribution in [0.5, 0.6) is 0 Å². The summed E-state index contributed by atoms with van der Waals surface area (Å²) in [5.41, 5.74) is 0.300. The van der Waals surface area contributed by atoms with Gasteiger partial charge in [-0.05, 0) is 19.9 Å². The lowest BCUT2D eigenvalue weighted by Crippen LogP contribution is -2.61. The molecule has 0 unspecified atom stereocenters. The standard InChI is InChI=1S/C17H26N6O2/c1-21(2)16(25)13-10-18-11-14(20-13)23-9-8-22(3)17(12-23)5-4-15(24)19-7-6-17/h10-11H,4-9,12H2,1-3H3,(H,19,24)/t17-/m0/s1. The van der Waals surface area contributed by atoms with Gasteiger partial charge in [0.15, 0.2) is 0 Å². The SMILES string of the molecule is CN(C)C(=O)c1cncc(N2CCN(C)[C@@]3(CCNC(=O)CC3)C2)n1. The molecule has 1 N–H and O–H groups in total. The summed E-state index contributed by atoms with van der Waals surface area (Å²) in [6.45, 7) is 3.20. The van der Waals surface area contributed by atoms with Crippen LogP contribution in [0.15, 0.2) is 12.4 Å². The van der Waals surface area contributed by atoms with Crippen LogP contribution in [-0.2, 0) is 4.79 Å². The maximum atomic E-state index is 12.2. The first-order chi connectivity index (χ1) is 11.9. The molecule has 1 aromatic rings. The molecule has 2 saturated heterocycles. The summed E-state index contributed by atoms with van der Waals surface area (Å²) in [4.78, 5) is 38.7. The van der Waals surface area contributed by atoms with E-state index in [2.05, 4.69) is 32.1 Å². The number of piperazine rings is 1. The van der Waals surface area contributed by atoms with E-state index in [4.69, 9.17) is 0 Å². The monoisotopic (exact) mass is 346 g/mol. The molecule has 0 aliphatic carbocycles. The maximum absolute atomic E-state index is 12.2. The fraction of sp³-hybridized carbons (Fsp3) is 0.647. The van der Waals surface area contributed by atoms with Crippen molar-refractivity contribution < 1.29 is 9.59 Å². The van der Waals surface area contributed by atoms with Crippen molar-refractivity contribution in [2.24, 2.45) is 0 Å². The average molecular weight is 346 g/mol. The van der Waals surface area contributed by atoms with Gasteiger partial charge in [0.2, 0.25) is 5.91 Å². The van der Waals surface area contributed by atoms with Gasteiger partial charge in [-0.1, -0.05) is 0 Å². The Morgan fingerprint density at radius 2 is 2.08 bits per heavy atom. The van der Waals surface area contributed by atoms with Gasteiger partial charge in [0, 0.05) is 52.2 Å². The molecule has 0 bridgehead atoms. The summed E-state index contributed by atoms with van der Waals surface area (Å²) in [6, 6.07) is 0. The second-order valence-corrected chi connectivity index (χ2v) is 7.13. The van der Waals surface area contributed by atoms with Gasteiger partial charge < -0.3 is 15.1 Å². The van der Waals surface area contributed by atoms with E-state index in [9.17, 15) is 9.59 Å². The zero-order valence-corrected chi connectivity index (χ0v) is 15.2. The predicted octanol–water partition coefficient (Wildman–Crippen LogP) is -0.0309. The van der Waals surface area contributed by atoms with Crippen molar-refractivity contribution in [2.75, 3.05) is 52.2 Å². The van der Waals surface area contributed by atoms with Crippen molar-refractivity contribution in [1.82, 2.24) is 25.1 Å². The van der Waals surface area contributed by atoms with E-state index in [0.717, 1.165) is 38.3 Å². The molecule has 2 fully saturated rings. The van der Waals surface area contributed by atoms with Gasteiger partial charge in [-0.2, -0.15) is 0 Å². The van der Waals surface area contributed by atoms with Gasteiger partial charge in [0.05, 0.1) is 12.4 Å². The smallest absolute Gasteiger partial charge is 0.273 e. The molecule has 3 heterocycles. The lowest BCUT2D eigenvalue weighted by atomic mass is 9.86.